The number of aromatic nitrogens is 2. The van der Waals surface area contributed by atoms with Crippen molar-refractivity contribution < 1.29 is 0 Å². The van der Waals surface area contributed by atoms with Gasteiger partial charge in [0.15, 0.2) is 0 Å². The fraction of sp³-hybridized carbons (Fsp3) is 0.167. The largest absolute Gasteiger partial charge is 0.399 e. The summed E-state index contributed by atoms with van der Waals surface area (Å²) < 4.78 is 0. The molecule has 3 N–H and O–H groups in total. The van der Waals surface area contributed by atoms with E-state index in [1.807, 2.05) is 18.2 Å². The molecule has 16 heavy (non-hydrogen) atoms. The second-order valence-electron chi connectivity index (χ2n) is 3.62. The van der Waals surface area contributed by atoms with Gasteiger partial charge in [0.05, 0.1) is 6.04 Å². The number of rotatable bonds is 3. The lowest BCUT2D eigenvalue weighted by Gasteiger charge is -2.14. The van der Waals surface area contributed by atoms with E-state index in [2.05, 4.69) is 22.2 Å². The lowest BCUT2D eigenvalue weighted by atomic mass is 10.1. The highest BCUT2D eigenvalue weighted by molar-refractivity contribution is 5.49. The van der Waals surface area contributed by atoms with Crippen LogP contribution in [0.15, 0.2) is 42.9 Å². The molecule has 0 saturated heterocycles. The number of anilines is 2. The average Bonchev–Trinajstić information content (AvgIpc) is 2.30. The van der Waals surface area contributed by atoms with Crippen LogP contribution in [0.4, 0.5) is 11.5 Å². The monoisotopic (exact) mass is 214 g/mol. The molecule has 4 heteroatoms. The zero-order valence-corrected chi connectivity index (χ0v) is 9.09. The minimum Gasteiger partial charge on any atom is -0.399 e. The number of nitrogens with zero attached hydrogens (tertiary/aromatic N) is 2. The van der Waals surface area contributed by atoms with E-state index >= 15 is 0 Å². The van der Waals surface area contributed by atoms with Crippen molar-refractivity contribution in [3.8, 4) is 0 Å². The van der Waals surface area contributed by atoms with Crippen molar-refractivity contribution in [2.24, 2.45) is 0 Å². The second kappa shape index (κ2) is 4.61. The number of nitrogens with one attached hydrogen (secondary N) is 1. The van der Waals surface area contributed by atoms with Gasteiger partial charge < -0.3 is 11.1 Å². The maximum absolute atomic E-state index is 5.68. The third kappa shape index (κ3) is 2.48. The van der Waals surface area contributed by atoms with Crippen LogP contribution < -0.4 is 11.1 Å². The molecule has 0 aliphatic carbocycles. The maximum atomic E-state index is 5.68. The van der Waals surface area contributed by atoms with E-state index in [4.69, 9.17) is 5.73 Å². The van der Waals surface area contributed by atoms with Gasteiger partial charge in [0, 0.05) is 30.3 Å². The first-order valence-corrected chi connectivity index (χ1v) is 5.13. The average molecular weight is 214 g/mol. The molecule has 4 nitrogen and oxygen atoms in total. The van der Waals surface area contributed by atoms with Gasteiger partial charge in [-0.3, -0.25) is 4.98 Å². The van der Waals surface area contributed by atoms with E-state index in [-0.39, 0.29) is 6.04 Å². The zero-order chi connectivity index (χ0) is 11.4. The molecular weight excluding hydrogens is 200 g/mol. The lowest BCUT2D eigenvalue weighted by molar-refractivity contribution is 0.871. The van der Waals surface area contributed by atoms with Gasteiger partial charge in [-0.2, -0.15) is 0 Å². The minimum absolute atomic E-state index is 0.178. The van der Waals surface area contributed by atoms with E-state index in [1.54, 1.807) is 24.7 Å². The molecule has 2 rings (SSSR count). The molecule has 0 saturated carbocycles. The van der Waals surface area contributed by atoms with Crippen LogP contribution in [-0.2, 0) is 0 Å². The number of pyridine rings is 2. The molecule has 1 atom stereocenters. The second-order valence-corrected chi connectivity index (χ2v) is 3.62. The highest BCUT2D eigenvalue weighted by Gasteiger charge is 2.05. The summed E-state index contributed by atoms with van der Waals surface area (Å²) in [5, 5.41) is 3.28. The van der Waals surface area contributed by atoms with Crippen LogP contribution in [0, 0.1) is 0 Å². The van der Waals surface area contributed by atoms with E-state index in [9.17, 15) is 0 Å². The summed E-state index contributed by atoms with van der Waals surface area (Å²) >= 11 is 0. The zero-order valence-electron chi connectivity index (χ0n) is 9.09. The van der Waals surface area contributed by atoms with Gasteiger partial charge in [-0.15, -0.1) is 0 Å². The smallest absolute Gasteiger partial charge is 0.128 e. The quantitative estimate of drug-likeness (QED) is 0.822. The van der Waals surface area contributed by atoms with Crippen molar-refractivity contribution >= 4 is 11.5 Å². The molecule has 0 fully saturated rings. The molecule has 0 bridgehead atoms. The molecule has 2 heterocycles. The van der Waals surface area contributed by atoms with Crippen LogP contribution in [0.25, 0.3) is 0 Å². The first-order valence-electron chi connectivity index (χ1n) is 5.13. The Hall–Kier alpha value is -2.10. The standard InChI is InChI=1S/C12H14N4/c1-9(10-2-5-14-6-3-10)16-12-8-11(13)4-7-15-12/h2-9H,1H3,(H3,13,15,16). The maximum Gasteiger partial charge on any atom is 0.128 e. The number of nitrogen functional groups attached to an aromatic ring is 1. The van der Waals surface area contributed by atoms with E-state index in [0.29, 0.717) is 5.69 Å². The molecule has 0 radical (unpaired) electrons. The SMILES string of the molecule is CC(Nc1cc(N)ccn1)c1ccncc1. The predicted molar refractivity (Wildman–Crippen MR) is 64.9 cm³/mol. The Morgan fingerprint density at radius 1 is 1.19 bits per heavy atom. The molecule has 1 unspecified atom stereocenters. The molecule has 0 aromatic carbocycles. The fourth-order valence-electron chi connectivity index (χ4n) is 1.48. The van der Waals surface area contributed by atoms with Crippen LogP contribution in [-0.4, -0.2) is 9.97 Å². The van der Waals surface area contributed by atoms with Gasteiger partial charge in [0.2, 0.25) is 0 Å². The van der Waals surface area contributed by atoms with Crippen LogP contribution >= 0.6 is 0 Å². The molecule has 82 valence electrons. The van der Waals surface area contributed by atoms with Crippen LogP contribution in [0.3, 0.4) is 0 Å². The normalized spacial score (nSPS) is 12.1. The third-order valence-electron chi connectivity index (χ3n) is 2.35. The predicted octanol–water partition coefficient (Wildman–Crippen LogP) is 2.23. The third-order valence-corrected chi connectivity index (χ3v) is 2.35. The minimum atomic E-state index is 0.178. The van der Waals surface area contributed by atoms with Crippen molar-refractivity contribution in [2.75, 3.05) is 11.1 Å². The van der Waals surface area contributed by atoms with Crippen molar-refractivity contribution in [3.63, 3.8) is 0 Å². The van der Waals surface area contributed by atoms with E-state index in [1.165, 1.54) is 5.56 Å². The van der Waals surface area contributed by atoms with Gasteiger partial charge >= 0.3 is 0 Å². The van der Waals surface area contributed by atoms with Crippen molar-refractivity contribution in [1.82, 2.24) is 9.97 Å². The Bertz CT molecular complexity index is 456. The van der Waals surface area contributed by atoms with Gasteiger partial charge in [-0.25, -0.2) is 4.98 Å². The van der Waals surface area contributed by atoms with Crippen LogP contribution in [0.5, 0.6) is 0 Å². The molecule has 2 aromatic heterocycles. The van der Waals surface area contributed by atoms with Crippen molar-refractivity contribution in [3.05, 3.63) is 48.4 Å². The number of nitrogens with two attached hydrogens (primary N) is 1. The Kier molecular flexibility index (Phi) is 3.00. The molecule has 0 spiro atoms. The highest BCUT2D eigenvalue weighted by Crippen LogP contribution is 2.17. The number of hydrogen-bond acceptors (Lipinski definition) is 4. The summed E-state index contributed by atoms with van der Waals surface area (Å²) in [6.45, 7) is 2.07. The Morgan fingerprint density at radius 3 is 2.62 bits per heavy atom. The van der Waals surface area contributed by atoms with Crippen molar-refractivity contribution in [2.45, 2.75) is 13.0 Å². The fourth-order valence-corrected chi connectivity index (χ4v) is 1.48. The summed E-state index contributed by atoms with van der Waals surface area (Å²) in [5.74, 6) is 0.782. The van der Waals surface area contributed by atoms with Gasteiger partial charge in [0.1, 0.15) is 5.82 Å². The highest BCUT2D eigenvalue weighted by atomic mass is 15.0. The topological polar surface area (TPSA) is 63.8 Å². The van der Waals surface area contributed by atoms with Gasteiger partial charge in [0.25, 0.3) is 0 Å². The van der Waals surface area contributed by atoms with Gasteiger partial charge in [-0.1, -0.05) is 0 Å². The molecule has 0 amide bonds. The van der Waals surface area contributed by atoms with Crippen LogP contribution in [0.2, 0.25) is 0 Å². The lowest BCUT2D eigenvalue weighted by Crippen LogP contribution is -2.08. The molecule has 0 aliphatic rings. The van der Waals surface area contributed by atoms with Gasteiger partial charge in [-0.05, 0) is 30.7 Å². The Labute approximate surface area is 94.5 Å². The Morgan fingerprint density at radius 2 is 1.94 bits per heavy atom. The first-order chi connectivity index (χ1) is 7.75. The molecular formula is C12H14N4. The summed E-state index contributed by atoms with van der Waals surface area (Å²) in [6.07, 6.45) is 5.25. The van der Waals surface area contributed by atoms with Crippen LogP contribution in [0.1, 0.15) is 18.5 Å². The summed E-state index contributed by atoms with van der Waals surface area (Å²) in [6, 6.07) is 7.71. The number of hydrogen-bond donors (Lipinski definition) is 2. The summed E-state index contributed by atoms with van der Waals surface area (Å²) in [5.41, 5.74) is 7.56. The Balaban J connectivity index is 2.11. The van der Waals surface area contributed by atoms with E-state index in [0.717, 1.165) is 5.82 Å². The first kappa shape index (κ1) is 10.4. The molecule has 2 aromatic rings. The summed E-state index contributed by atoms with van der Waals surface area (Å²) in [4.78, 5) is 8.18. The van der Waals surface area contributed by atoms with E-state index < -0.39 is 0 Å². The molecule has 0 aliphatic heterocycles. The summed E-state index contributed by atoms with van der Waals surface area (Å²) in [7, 11) is 0. The van der Waals surface area contributed by atoms with Crippen molar-refractivity contribution in [1.29, 1.82) is 0 Å².